The molecule has 0 aliphatic carbocycles. The van der Waals surface area contributed by atoms with Crippen molar-refractivity contribution in [1.82, 2.24) is 4.57 Å². The van der Waals surface area contributed by atoms with Crippen molar-refractivity contribution in [1.29, 1.82) is 0 Å². The third-order valence-electron chi connectivity index (χ3n) is 6.28. The first-order valence-corrected chi connectivity index (χ1v) is 15.2. The highest BCUT2D eigenvalue weighted by atomic mass is 35.5. The number of carbonyl (C=O) groups is 2. The summed E-state index contributed by atoms with van der Waals surface area (Å²) < 4.78 is 34.6. The third-order valence-corrected chi connectivity index (χ3v) is 7.56. The van der Waals surface area contributed by atoms with E-state index in [4.69, 9.17) is 40.0 Å². The van der Waals surface area contributed by atoms with Crippen LogP contribution in [0.4, 0.5) is 0 Å². The fraction of sp³-hybridized carbons (Fsp3) is 0.355. The molecule has 0 radical (unpaired) electrons. The van der Waals surface area contributed by atoms with Crippen molar-refractivity contribution in [3.8, 4) is 23.0 Å². The molecule has 0 saturated heterocycles. The predicted octanol–water partition coefficient (Wildman–Crippen LogP) is 3.81. The number of halogens is 1. The predicted molar refractivity (Wildman–Crippen MR) is 165 cm³/mol. The topological polar surface area (TPSA) is 124 Å². The van der Waals surface area contributed by atoms with Crippen molar-refractivity contribution >= 4 is 41.0 Å². The van der Waals surface area contributed by atoms with Gasteiger partial charge in [-0.1, -0.05) is 29.0 Å². The van der Waals surface area contributed by atoms with Crippen molar-refractivity contribution in [3.05, 3.63) is 77.9 Å². The minimum atomic E-state index is -0.836. The minimum Gasteiger partial charge on any atom is -0.490 e. The highest BCUT2D eigenvalue weighted by Gasteiger charge is 2.31. The average Bonchev–Trinajstić information content (AvgIpc) is 3.31. The molecule has 1 aliphatic heterocycles. The van der Waals surface area contributed by atoms with Crippen LogP contribution in [0.15, 0.2) is 51.9 Å². The van der Waals surface area contributed by atoms with E-state index < -0.39 is 18.0 Å². The molecule has 4 rings (SSSR count). The van der Waals surface area contributed by atoms with E-state index in [-0.39, 0.29) is 35.1 Å². The summed E-state index contributed by atoms with van der Waals surface area (Å²) in [4.78, 5) is 43.4. The van der Waals surface area contributed by atoms with E-state index >= 15 is 0 Å². The fourth-order valence-corrected chi connectivity index (χ4v) is 5.79. The van der Waals surface area contributed by atoms with Crippen LogP contribution in [0.2, 0.25) is 5.02 Å². The molecule has 0 unspecified atom stereocenters. The lowest BCUT2D eigenvalue weighted by Crippen LogP contribution is -2.39. The maximum atomic E-state index is 13.9. The largest absolute Gasteiger partial charge is 0.490 e. The summed E-state index contributed by atoms with van der Waals surface area (Å²) in [5.74, 6) is 0.351. The highest BCUT2D eigenvalue weighted by Crippen LogP contribution is 2.37. The van der Waals surface area contributed by atoms with Crippen LogP contribution in [-0.4, -0.2) is 56.6 Å². The Morgan fingerprint density at radius 1 is 0.955 bits per heavy atom. The van der Waals surface area contributed by atoms with Crippen LogP contribution in [0.5, 0.6) is 23.0 Å². The number of aromatic nitrogens is 1. The number of methoxy groups -OCH3 is 1. The molecule has 0 N–H and O–H groups in total. The minimum absolute atomic E-state index is 0.183. The standard InChI is InChI=1S/C31H33ClN2O9S/c1-6-39-22-11-10-19(15-23(22)40-7-2)27-20(30(37)38-5)16-33-31-34(27)29(36)25(44-31)14-18-12-21(32)28(24(13-18)41-8-3)43-17-26(35)42-9-4/h10-16,27H,6-9,17H2,1-5H3/b25-14-/t27-/m0/s1. The molecule has 0 spiro atoms. The van der Waals surface area contributed by atoms with Gasteiger partial charge < -0.3 is 28.4 Å². The van der Waals surface area contributed by atoms with Crippen molar-refractivity contribution in [2.45, 2.75) is 33.7 Å². The summed E-state index contributed by atoms with van der Waals surface area (Å²) in [6.45, 7) is 8.24. The van der Waals surface area contributed by atoms with Crippen LogP contribution in [0.25, 0.3) is 6.08 Å². The molecule has 0 amide bonds. The number of nitrogens with zero attached hydrogens (tertiary/aromatic N) is 2. The Labute approximate surface area is 262 Å². The second-order valence-corrected chi connectivity index (χ2v) is 10.5. The first-order valence-electron chi connectivity index (χ1n) is 14.0. The lowest BCUT2D eigenvalue weighted by Gasteiger charge is -2.23. The van der Waals surface area contributed by atoms with Crippen LogP contribution in [0, 0.1) is 0 Å². The number of hydrogen-bond acceptors (Lipinski definition) is 11. The van der Waals surface area contributed by atoms with Gasteiger partial charge in [0.2, 0.25) is 0 Å². The van der Waals surface area contributed by atoms with Gasteiger partial charge in [0.1, 0.15) is 0 Å². The molecule has 13 heteroatoms. The Kier molecular flexibility index (Phi) is 11.1. The smallest absolute Gasteiger partial charge is 0.344 e. The molecule has 0 saturated carbocycles. The van der Waals surface area contributed by atoms with E-state index in [1.165, 1.54) is 17.9 Å². The average molecular weight is 645 g/mol. The molecule has 1 aliphatic rings. The first-order chi connectivity index (χ1) is 21.3. The number of esters is 2. The van der Waals surface area contributed by atoms with Crippen LogP contribution in [-0.2, 0) is 19.1 Å². The summed E-state index contributed by atoms with van der Waals surface area (Å²) >= 11 is 7.68. The van der Waals surface area contributed by atoms with Crippen molar-refractivity contribution in [2.24, 2.45) is 4.99 Å². The normalized spacial score (nSPS) is 14.2. The Morgan fingerprint density at radius 3 is 2.34 bits per heavy atom. The van der Waals surface area contributed by atoms with Crippen LogP contribution < -0.4 is 33.8 Å². The zero-order chi connectivity index (χ0) is 31.8. The van der Waals surface area contributed by atoms with Gasteiger partial charge >= 0.3 is 11.9 Å². The van der Waals surface area contributed by atoms with Gasteiger partial charge in [0.15, 0.2) is 34.4 Å². The molecular formula is C31H33ClN2O9S. The van der Waals surface area contributed by atoms with Gasteiger partial charge in [0, 0.05) is 6.20 Å². The van der Waals surface area contributed by atoms with E-state index in [1.54, 1.807) is 50.3 Å². The molecule has 2 aromatic carbocycles. The van der Waals surface area contributed by atoms with Crippen molar-refractivity contribution in [3.63, 3.8) is 0 Å². The maximum Gasteiger partial charge on any atom is 0.344 e. The molecule has 234 valence electrons. The monoisotopic (exact) mass is 644 g/mol. The number of fused-ring (bicyclic) bond motifs is 1. The molecule has 0 bridgehead atoms. The van der Waals surface area contributed by atoms with Gasteiger partial charge in [-0.25, -0.2) is 14.6 Å². The number of benzene rings is 2. The van der Waals surface area contributed by atoms with Gasteiger partial charge in [-0.15, -0.1) is 0 Å². The van der Waals surface area contributed by atoms with Gasteiger partial charge in [-0.05, 0) is 69.2 Å². The Bertz CT molecular complexity index is 1750. The van der Waals surface area contributed by atoms with Crippen molar-refractivity contribution < 1.29 is 38.0 Å². The molecular weight excluding hydrogens is 612 g/mol. The van der Waals surface area contributed by atoms with Gasteiger partial charge in [0.25, 0.3) is 5.56 Å². The Morgan fingerprint density at radius 2 is 1.66 bits per heavy atom. The fourth-order valence-electron chi connectivity index (χ4n) is 4.55. The van der Waals surface area contributed by atoms with Gasteiger partial charge in [-0.2, -0.15) is 0 Å². The van der Waals surface area contributed by atoms with E-state index in [9.17, 15) is 14.4 Å². The summed E-state index contributed by atoms with van der Waals surface area (Å²) in [6.07, 6.45) is 3.07. The van der Waals surface area contributed by atoms with Crippen molar-refractivity contribution in [2.75, 3.05) is 40.1 Å². The Hall–Kier alpha value is -4.29. The van der Waals surface area contributed by atoms with Crippen LogP contribution in [0.1, 0.15) is 44.9 Å². The number of ether oxygens (including phenoxy) is 6. The summed E-state index contributed by atoms with van der Waals surface area (Å²) in [5.41, 5.74) is 0.969. The Balaban J connectivity index is 1.82. The zero-order valence-corrected chi connectivity index (χ0v) is 26.6. The molecule has 2 heterocycles. The second kappa shape index (κ2) is 14.9. The number of thiazole rings is 1. The second-order valence-electron chi connectivity index (χ2n) is 9.10. The van der Waals surface area contributed by atoms with E-state index in [0.717, 1.165) is 11.3 Å². The van der Waals surface area contributed by atoms with Gasteiger partial charge in [-0.3, -0.25) is 9.36 Å². The van der Waals surface area contributed by atoms with Gasteiger partial charge in [0.05, 0.1) is 54.7 Å². The quantitative estimate of drug-likeness (QED) is 0.256. The maximum absolute atomic E-state index is 13.9. The van der Waals surface area contributed by atoms with E-state index in [0.29, 0.717) is 57.5 Å². The molecule has 0 fully saturated rings. The first kappa shape index (κ1) is 32.6. The van der Waals surface area contributed by atoms with E-state index in [1.807, 2.05) is 13.8 Å². The molecule has 3 aromatic rings. The molecule has 11 nitrogen and oxygen atoms in total. The lowest BCUT2D eigenvalue weighted by atomic mass is 9.97. The van der Waals surface area contributed by atoms with Crippen LogP contribution >= 0.6 is 22.9 Å². The number of carbonyl (C=O) groups excluding carboxylic acids is 2. The zero-order valence-electron chi connectivity index (χ0n) is 25.0. The molecule has 44 heavy (non-hydrogen) atoms. The molecule has 1 aromatic heterocycles. The summed E-state index contributed by atoms with van der Waals surface area (Å²) in [6, 6.07) is 7.70. The molecule has 1 atom stereocenters. The lowest BCUT2D eigenvalue weighted by molar-refractivity contribution is -0.145. The SMILES string of the molecule is CCOC(=O)COc1c(Cl)cc(/C=c2\sc3n(c2=O)[C@@H](c2ccc(OCC)c(OCC)c2)C(C(=O)OC)=CN=3)cc1OCC. The number of rotatable bonds is 13. The summed E-state index contributed by atoms with van der Waals surface area (Å²) in [5, 5.41) is 0.183. The van der Waals surface area contributed by atoms with Crippen LogP contribution in [0.3, 0.4) is 0 Å². The number of hydrogen-bond donors (Lipinski definition) is 0. The summed E-state index contributed by atoms with van der Waals surface area (Å²) in [7, 11) is 1.27. The van der Waals surface area contributed by atoms with E-state index in [2.05, 4.69) is 4.99 Å². The third kappa shape index (κ3) is 7.08. The highest BCUT2D eigenvalue weighted by molar-refractivity contribution is 7.07.